The lowest BCUT2D eigenvalue weighted by molar-refractivity contribution is -0.139. The smallest absolute Gasteiger partial charge is 0.355 e. The van der Waals surface area contributed by atoms with Crippen LogP contribution in [0.2, 0.25) is 0 Å². The molecule has 0 bridgehead atoms. The molecule has 0 saturated heterocycles. The Morgan fingerprint density at radius 1 is 1.22 bits per heavy atom. The Morgan fingerprint density at radius 2 is 2.00 bits per heavy atom. The summed E-state index contributed by atoms with van der Waals surface area (Å²) in [7, 11) is 1.65. The number of hydrogen-bond donors (Lipinski definition) is 0. The molecule has 0 atom stereocenters. The molecule has 0 saturated carbocycles. The second-order valence-corrected chi connectivity index (χ2v) is 7.10. The molecular formula is C17H17NO3S2. The molecule has 0 radical (unpaired) electrons. The molecule has 1 aliphatic heterocycles. The van der Waals surface area contributed by atoms with Gasteiger partial charge in [0, 0.05) is 5.56 Å². The number of esters is 1. The summed E-state index contributed by atoms with van der Waals surface area (Å²) < 4.78 is 13.6. The number of fused-ring (bicyclic) bond motifs is 1. The van der Waals surface area contributed by atoms with Crippen molar-refractivity contribution >= 4 is 35.3 Å². The van der Waals surface area contributed by atoms with Gasteiger partial charge in [0.15, 0.2) is 0 Å². The number of thiophene rings is 1. The van der Waals surface area contributed by atoms with E-state index in [1.54, 1.807) is 30.4 Å². The van der Waals surface area contributed by atoms with Gasteiger partial charge in [0.25, 0.3) is 0 Å². The van der Waals surface area contributed by atoms with Gasteiger partial charge in [-0.3, -0.25) is 0 Å². The minimum atomic E-state index is -0.287. The van der Waals surface area contributed by atoms with E-state index in [2.05, 4.69) is 0 Å². The molecule has 1 aliphatic rings. The van der Waals surface area contributed by atoms with Gasteiger partial charge < -0.3 is 13.8 Å². The van der Waals surface area contributed by atoms with Gasteiger partial charge in [-0.05, 0) is 54.1 Å². The zero-order valence-electron chi connectivity index (χ0n) is 12.9. The van der Waals surface area contributed by atoms with Gasteiger partial charge in [-0.25, -0.2) is 4.79 Å². The number of benzene rings is 1. The Labute approximate surface area is 143 Å². The molecule has 120 valence electrons. The quantitative estimate of drug-likeness (QED) is 0.599. The van der Waals surface area contributed by atoms with Gasteiger partial charge >= 0.3 is 5.97 Å². The van der Waals surface area contributed by atoms with Gasteiger partial charge in [0.2, 0.25) is 0 Å². The van der Waals surface area contributed by atoms with Crippen LogP contribution in [0.4, 0.5) is 0 Å². The predicted octanol–water partition coefficient (Wildman–Crippen LogP) is 4.18. The average molecular weight is 347 g/mol. The van der Waals surface area contributed by atoms with Crippen LogP contribution in [-0.2, 0) is 16.1 Å². The summed E-state index contributed by atoms with van der Waals surface area (Å²) in [5, 5.41) is 2.04. The first-order valence-electron chi connectivity index (χ1n) is 7.26. The van der Waals surface area contributed by atoms with E-state index in [0.29, 0.717) is 18.8 Å². The van der Waals surface area contributed by atoms with Crippen molar-refractivity contribution in [3.05, 3.63) is 52.5 Å². The molecule has 1 aromatic carbocycles. The molecule has 3 rings (SSSR count). The molecule has 23 heavy (non-hydrogen) atoms. The minimum absolute atomic E-state index is 0.287. The van der Waals surface area contributed by atoms with E-state index in [1.807, 2.05) is 53.0 Å². The highest BCUT2D eigenvalue weighted by molar-refractivity contribution is 7.99. The highest BCUT2D eigenvalue weighted by atomic mass is 32.2. The van der Waals surface area contributed by atoms with E-state index in [-0.39, 0.29) is 5.97 Å². The summed E-state index contributed by atoms with van der Waals surface area (Å²) in [6.45, 7) is 2.81. The number of carbonyl (C=O) groups excluding carboxylic acids is 1. The molecule has 2 heterocycles. The lowest BCUT2D eigenvalue weighted by Gasteiger charge is -2.27. The third kappa shape index (κ3) is 3.54. The Morgan fingerprint density at radius 3 is 2.70 bits per heavy atom. The fourth-order valence-corrected chi connectivity index (χ4v) is 4.32. The van der Waals surface area contributed by atoms with Crippen molar-refractivity contribution in [2.24, 2.45) is 0 Å². The van der Waals surface area contributed by atoms with Gasteiger partial charge in [0.05, 0.1) is 24.5 Å². The van der Waals surface area contributed by atoms with Crippen molar-refractivity contribution in [1.82, 2.24) is 4.31 Å². The monoisotopic (exact) mass is 347 g/mol. The summed E-state index contributed by atoms with van der Waals surface area (Å²) in [4.78, 5) is 12.3. The molecule has 4 nitrogen and oxygen atoms in total. The fraction of sp³-hybridized carbons (Fsp3) is 0.235. The maximum atomic E-state index is 12.3. The van der Waals surface area contributed by atoms with Crippen LogP contribution in [-0.4, -0.2) is 24.0 Å². The van der Waals surface area contributed by atoms with E-state index in [0.717, 1.165) is 16.9 Å². The van der Waals surface area contributed by atoms with Crippen molar-refractivity contribution in [2.45, 2.75) is 17.7 Å². The predicted molar refractivity (Wildman–Crippen MR) is 93.3 cm³/mol. The van der Waals surface area contributed by atoms with Crippen molar-refractivity contribution in [1.29, 1.82) is 0 Å². The van der Waals surface area contributed by atoms with Crippen LogP contribution in [0.3, 0.4) is 0 Å². The number of carbonyl (C=O) groups is 1. The zero-order valence-corrected chi connectivity index (χ0v) is 14.6. The minimum Gasteiger partial charge on any atom is -0.497 e. The van der Waals surface area contributed by atoms with Gasteiger partial charge in [-0.2, -0.15) is 0 Å². The molecular weight excluding hydrogens is 330 g/mol. The molecule has 0 unspecified atom stereocenters. The number of hydrogen-bond acceptors (Lipinski definition) is 6. The fourth-order valence-electron chi connectivity index (χ4n) is 2.24. The number of ether oxygens (including phenoxy) is 2. The SMILES string of the molecule is CCOC(=O)C1=Cc2ccsc2SN1Cc1ccc(OC)cc1. The Hall–Kier alpha value is -1.92. The summed E-state index contributed by atoms with van der Waals surface area (Å²) in [6, 6.07) is 9.89. The van der Waals surface area contributed by atoms with Crippen molar-refractivity contribution in [3.8, 4) is 5.75 Å². The lowest BCUT2D eigenvalue weighted by Crippen LogP contribution is -2.24. The Kier molecular flexibility index (Phi) is 4.93. The summed E-state index contributed by atoms with van der Waals surface area (Å²) in [5.41, 5.74) is 2.76. The number of rotatable bonds is 5. The van der Waals surface area contributed by atoms with Crippen LogP contribution >= 0.6 is 23.3 Å². The van der Waals surface area contributed by atoms with E-state index < -0.39 is 0 Å². The van der Waals surface area contributed by atoms with Crippen LogP contribution in [0.5, 0.6) is 5.75 Å². The van der Waals surface area contributed by atoms with Crippen LogP contribution in [0.25, 0.3) is 6.08 Å². The summed E-state index contributed by atoms with van der Waals surface area (Å²) >= 11 is 3.26. The molecule has 0 N–H and O–H groups in total. The second-order valence-electron chi connectivity index (χ2n) is 4.89. The first-order valence-corrected chi connectivity index (χ1v) is 8.91. The molecule has 0 aliphatic carbocycles. The molecule has 6 heteroatoms. The maximum Gasteiger partial charge on any atom is 0.355 e. The normalized spacial score (nSPS) is 13.3. The molecule has 2 aromatic rings. The second kappa shape index (κ2) is 7.10. The van der Waals surface area contributed by atoms with Gasteiger partial charge in [0.1, 0.15) is 11.4 Å². The highest BCUT2D eigenvalue weighted by Gasteiger charge is 2.26. The Balaban J connectivity index is 1.84. The number of methoxy groups -OCH3 is 1. The van der Waals surface area contributed by atoms with Crippen LogP contribution in [0, 0.1) is 0 Å². The summed E-state index contributed by atoms with van der Waals surface area (Å²) in [5.74, 6) is 0.534. The first-order chi connectivity index (χ1) is 11.2. The van der Waals surface area contributed by atoms with Gasteiger partial charge in [-0.1, -0.05) is 12.1 Å². The van der Waals surface area contributed by atoms with Crippen molar-refractivity contribution < 1.29 is 14.3 Å². The van der Waals surface area contributed by atoms with E-state index in [1.165, 1.54) is 4.21 Å². The van der Waals surface area contributed by atoms with Crippen LogP contribution in [0.1, 0.15) is 18.1 Å². The molecule has 1 aromatic heterocycles. The van der Waals surface area contributed by atoms with E-state index >= 15 is 0 Å². The maximum absolute atomic E-state index is 12.3. The lowest BCUT2D eigenvalue weighted by atomic mass is 10.2. The third-order valence-electron chi connectivity index (χ3n) is 3.38. The molecule has 0 amide bonds. The first kappa shape index (κ1) is 16.0. The standard InChI is InChI=1S/C17H17NO3S2/c1-3-21-16(19)15-10-13-8-9-22-17(13)23-18(15)11-12-4-6-14(20-2)7-5-12/h4-10H,3,11H2,1-2H3. The van der Waals surface area contributed by atoms with Crippen LogP contribution < -0.4 is 4.74 Å². The average Bonchev–Trinajstić information content (AvgIpc) is 3.02. The topological polar surface area (TPSA) is 38.8 Å². The third-order valence-corrected chi connectivity index (χ3v) is 5.56. The highest BCUT2D eigenvalue weighted by Crippen LogP contribution is 2.41. The molecule has 0 fully saturated rings. The van der Waals surface area contributed by atoms with Crippen molar-refractivity contribution in [3.63, 3.8) is 0 Å². The zero-order chi connectivity index (χ0) is 16.2. The van der Waals surface area contributed by atoms with Crippen molar-refractivity contribution in [2.75, 3.05) is 13.7 Å². The van der Waals surface area contributed by atoms with Crippen LogP contribution in [0.15, 0.2) is 45.6 Å². The molecule has 0 spiro atoms. The van der Waals surface area contributed by atoms with E-state index in [9.17, 15) is 4.79 Å². The largest absolute Gasteiger partial charge is 0.497 e. The Bertz CT molecular complexity index is 722. The van der Waals surface area contributed by atoms with Gasteiger partial charge in [-0.15, -0.1) is 11.3 Å². The summed E-state index contributed by atoms with van der Waals surface area (Å²) in [6.07, 6.45) is 1.91. The van der Waals surface area contributed by atoms with E-state index in [4.69, 9.17) is 9.47 Å². The number of nitrogens with zero attached hydrogens (tertiary/aromatic N) is 1.